The molecule has 0 saturated carbocycles. The van der Waals surface area contributed by atoms with Crippen molar-refractivity contribution in [2.45, 2.75) is 388 Å². The Labute approximate surface area is 482 Å². The van der Waals surface area contributed by atoms with Gasteiger partial charge in [0.25, 0.3) is 0 Å². The van der Waals surface area contributed by atoms with Crippen LogP contribution >= 0.6 is 0 Å². The highest BCUT2D eigenvalue weighted by molar-refractivity contribution is 4.90. The summed E-state index contributed by atoms with van der Waals surface area (Å²) in [5.41, 5.74) is 0. The van der Waals surface area contributed by atoms with Gasteiger partial charge < -0.3 is 33.2 Å². The molecule has 0 N–H and O–H groups in total. The van der Waals surface area contributed by atoms with Gasteiger partial charge >= 0.3 is 0 Å². The monoisotopic (exact) mass is 1090 g/mol. The highest BCUT2D eigenvalue weighted by Crippen LogP contribution is 2.19. The Morgan fingerprint density at radius 1 is 0.221 bits per heavy atom. The predicted molar refractivity (Wildman–Crippen MR) is 335 cm³/mol. The molecule has 0 bridgehead atoms. The van der Waals surface area contributed by atoms with Crippen LogP contribution in [0, 0.1) is 0 Å². The van der Waals surface area contributed by atoms with E-state index >= 15 is 0 Å². The summed E-state index contributed by atoms with van der Waals surface area (Å²) >= 11 is 0. The lowest BCUT2D eigenvalue weighted by atomic mass is 10.1. The Bertz CT molecular complexity index is 991. The average molecular weight is 1090 g/mol. The van der Waals surface area contributed by atoms with Gasteiger partial charge in [-0.1, -0.05) is 285 Å². The van der Waals surface area contributed by atoms with Gasteiger partial charge in [-0.25, -0.2) is 0 Å². The summed E-state index contributed by atoms with van der Waals surface area (Å²) < 4.78 is 44.3. The third-order valence-corrected chi connectivity index (χ3v) is 15.2. The van der Waals surface area contributed by atoms with Gasteiger partial charge in [-0.2, -0.15) is 0 Å². The van der Waals surface area contributed by atoms with Crippen LogP contribution in [0.15, 0.2) is 24.3 Å². The van der Waals surface area contributed by atoms with E-state index in [0.717, 1.165) is 77.8 Å². The Hall–Kier alpha value is -0.800. The Balaban J connectivity index is 4.64. The Morgan fingerprint density at radius 3 is 0.714 bits per heavy atom. The minimum absolute atomic E-state index is 0.0177. The van der Waals surface area contributed by atoms with Crippen LogP contribution < -0.4 is 0 Å². The van der Waals surface area contributed by atoms with Crippen molar-refractivity contribution in [2.24, 2.45) is 0 Å². The van der Waals surface area contributed by atoms with Crippen LogP contribution in [0.2, 0.25) is 0 Å². The average Bonchev–Trinajstić information content (AvgIpc) is 3.43. The minimum Gasteiger partial charge on any atom is -0.353 e. The van der Waals surface area contributed by atoms with Crippen molar-refractivity contribution in [1.82, 2.24) is 0 Å². The molecule has 2 unspecified atom stereocenters. The van der Waals surface area contributed by atoms with E-state index < -0.39 is 0 Å². The topological polar surface area (TPSA) is 64.6 Å². The maximum absolute atomic E-state index is 6.48. The number of rotatable bonds is 68. The number of hydrogen-bond donors (Lipinski definition) is 0. The lowest BCUT2D eigenvalue weighted by Crippen LogP contribution is -2.25. The zero-order valence-corrected chi connectivity index (χ0v) is 53.1. The molecule has 0 aromatic rings. The summed E-state index contributed by atoms with van der Waals surface area (Å²) in [6.45, 7) is 18.4. The molecule has 0 amide bonds. The first-order chi connectivity index (χ1) is 38.1. The van der Waals surface area contributed by atoms with Crippen molar-refractivity contribution in [2.75, 3.05) is 39.6 Å². The molecule has 0 fully saturated rings. The largest absolute Gasteiger partial charge is 0.353 e. The second-order valence-electron chi connectivity index (χ2n) is 23.1. The fourth-order valence-corrected chi connectivity index (χ4v) is 9.95. The van der Waals surface area contributed by atoms with Gasteiger partial charge in [-0.3, -0.25) is 0 Å². The first-order valence-corrected chi connectivity index (χ1v) is 34.8. The molecule has 0 saturated heterocycles. The minimum atomic E-state index is -0.385. The van der Waals surface area contributed by atoms with Crippen LogP contribution in [0.3, 0.4) is 0 Å². The van der Waals surface area contributed by atoms with Crippen molar-refractivity contribution in [1.29, 1.82) is 0 Å². The quantitative estimate of drug-likeness (QED) is 0.0342. The molecule has 7 nitrogen and oxygen atoms in total. The van der Waals surface area contributed by atoms with E-state index in [9.17, 15) is 0 Å². The first-order valence-electron chi connectivity index (χ1n) is 34.8. The van der Waals surface area contributed by atoms with Gasteiger partial charge in [0.05, 0.1) is 13.2 Å². The van der Waals surface area contributed by atoms with Crippen LogP contribution in [-0.2, 0) is 33.2 Å². The third kappa shape index (κ3) is 61.1. The molecule has 0 aromatic heterocycles. The molecule has 0 spiro atoms. The third-order valence-electron chi connectivity index (χ3n) is 15.2. The molecule has 0 aliphatic carbocycles. The van der Waals surface area contributed by atoms with Crippen molar-refractivity contribution >= 4 is 0 Å². The molecule has 7 heteroatoms. The second kappa shape index (κ2) is 67.7. The Morgan fingerprint density at radius 2 is 0.442 bits per heavy atom. The summed E-state index contributed by atoms with van der Waals surface area (Å²) in [7, 11) is 0. The molecule has 0 aromatic carbocycles. The number of hydrogen-bond acceptors (Lipinski definition) is 7. The summed E-state index contributed by atoms with van der Waals surface area (Å²) in [6.07, 6.45) is 71.2. The molecule has 2 atom stereocenters. The number of unbranched alkanes of at least 4 members (excludes halogenated alkanes) is 40. The predicted octanol–water partition coefficient (Wildman–Crippen LogP) is 23.1. The summed E-state index contributed by atoms with van der Waals surface area (Å²) in [4.78, 5) is 0. The SMILES string of the molecule is CCCCCCCCCOC(CCCCCCCCCC=CC(OCCCC)OC(C=CCCCCCCCCCC(OCCCCCCCCC)OCCCCCCCCC)OCCCC)OCCCCCCCCC. The molecule has 0 rings (SSSR count). The van der Waals surface area contributed by atoms with E-state index in [1.54, 1.807) is 0 Å². The molecule has 0 aliphatic heterocycles. The van der Waals surface area contributed by atoms with E-state index in [0.29, 0.717) is 13.2 Å². The van der Waals surface area contributed by atoms with Gasteiger partial charge in [-0.15, -0.1) is 0 Å². The second-order valence-corrected chi connectivity index (χ2v) is 23.1. The van der Waals surface area contributed by atoms with Crippen LogP contribution in [0.4, 0.5) is 0 Å². The maximum atomic E-state index is 6.48. The molecule has 0 aliphatic rings. The summed E-state index contributed by atoms with van der Waals surface area (Å²) in [6, 6.07) is 0. The zero-order valence-electron chi connectivity index (χ0n) is 53.1. The molecule has 0 heterocycles. The maximum Gasteiger partial charge on any atom is 0.180 e. The van der Waals surface area contributed by atoms with Gasteiger partial charge in [0.1, 0.15) is 0 Å². The Kier molecular flexibility index (Phi) is 67.0. The van der Waals surface area contributed by atoms with Crippen molar-refractivity contribution in [3.63, 3.8) is 0 Å². The standard InChI is InChI=1S/C70H138O7/c1-7-13-19-23-37-45-53-63-71-67(72-64-54-46-38-24-20-14-8-2)57-49-41-33-29-27-31-35-43-51-59-69(75-61-17-11-5)77-70(76-62-18-12-6)60-52-44-36-32-28-30-34-42-50-58-68(73-65-55-47-39-25-21-15-9-3)74-66-56-48-40-26-22-16-10-4/h51-52,59-60,67-70H,7-50,53-58,61-66H2,1-6H3. The fourth-order valence-electron chi connectivity index (χ4n) is 9.95. The van der Waals surface area contributed by atoms with E-state index in [2.05, 4.69) is 65.8 Å². The van der Waals surface area contributed by atoms with Crippen molar-refractivity contribution in [3.05, 3.63) is 24.3 Å². The lowest BCUT2D eigenvalue weighted by molar-refractivity contribution is -0.208. The van der Waals surface area contributed by atoms with E-state index in [-0.39, 0.29) is 25.2 Å². The van der Waals surface area contributed by atoms with E-state index in [4.69, 9.17) is 33.2 Å². The highest BCUT2D eigenvalue weighted by Gasteiger charge is 2.15. The van der Waals surface area contributed by atoms with Gasteiger partial charge in [0, 0.05) is 26.4 Å². The highest BCUT2D eigenvalue weighted by atomic mass is 16.8. The molecular weight excluding hydrogens is 953 g/mol. The number of allylic oxidation sites excluding steroid dienone is 2. The molecule has 460 valence electrons. The number of ether oxygens (including phenoxy) is 7. The van der Waals surface area contributed by atoms with Crippen molar-refractivity contribution < 1.29 is 33.2 Å². The van der Waals surface area contributed by atoms with Crippen LogP contribution in [-0.4, -0.2) is 64.8 Å². The smallest absolute Gasteiger partial charge is 0.180 e. The van der Waals surface area contributed by atoms with E-state index in [1.165, 1.54) is 270 Å². The van der Waals surface area contributed by atoms with Crippen LogP contribution in [0.25, 0.3) is 0 Å². The summed E-state index contributed by atoms with van der Waals surface area (Å²) in [5.74, 6) is 0. The lowest BCUT2D eigenvalue weighted by Gasteiger charge is -2.21. The first kappa shape index (κ1) is 76.2. The fraction of sp³-hybridized carbons (Fsp3) is 0.943. The van der Waals surface area contributed by atoms with Crippen LogP contribution in [0.1, 0.15) is 363 Å². The van der Waals surface area contributed by atoms with Crippen molar-refractivity contribution in [3.8, 4) is 0 Å². The molecule has 0 radical (unpaired) electrons. The van der Waals surface area contributed by atoms with Gasteiger partial charge in [0.2, 0.25) is 0 Å². The molecule has 77 heavy (non-hydrogen) atoms. The molecular formula is C70H138O7. The normalized spacial score (nSPS) is 13.0. The van der Waals surface area contributed by atoms with Gasteiger partial charge in [-0.05, 0) is 102 Å². The van der Waals surface area contributed by atoms with Gasteiger partial charge in [0.15, 0.2) is 25.2 Å². The van der Waals surface area contributed by atoms with E-state index in [1.807, 2.05) is 0 Å². The van der Waals surface area contributed by atoms with Crippen LogP contribution in [0.5, 0.6) is 0 Å². The zero-order chi connectivity index (χ0) is 55.7. The summed E-state index contributed by atoms with van der Waals surface area (Å²) in [5, 5.41) is 0.